The molecule has 158 valence electrons. The molecule has 0 atom stereocenters. The highest BCUT2D eigenvalue weighted by molar-refractivity contribution is 7.23. The van der Waals surface area contributed by atoms with Crippen LogP contribution in [0.2, 0.25) is 0 Å². The zero-order valence-electron chi connectivity index (χ0n) is 17.1. The van der Waals surface area contributed by atoms with Gasteiger partial charge in [-0.2, -0.15) is 5.26 Å². The average Bonchev–Trinajstić information content (AvgIpc) is 3.26. The number of ether oxygens (including phenoxy) is 1. The van der Waals surface area contributed by atoms with E-state index in [1.165, 1.54) is 11.3 Å². The van der Waals surface area contributed by atoms with Crippen LogP contribution < -0.4 is 21.5 Å². The normalized spacial score (nSPS) is 11.2. The zero-order chi connectivity index (χ0) is 22.3. The number of carbonyl (C=O) groups is 1. The number of hydrogen-bond donors (Lipinski definition) is 3. The van der Waals surface area contributed by atoms with Gasteiger partial charge in [-0.25, -0.2) is 9.97 Å². The van der Waals surface area contributed by atoms with Crippen LogP contribution >= 0.6 is 22.7 Å². The highest BCUT2D eigenvalue weighted by Gasteiger charge is 2.25. The number of pyridine rings is 1. The van der Waals surface area contributed by atoms with Gasteiger partial charge in [-0.1, -0.05) is 25.2 Å². The first-order valence-electron chi connectivity index (χ1n) is 9.60. The van der Waals surface area contributed by atoms with E-state index in [2.05, 4.69) is 21.4 Å². The highest BCUT2D eigenvalue weighted by Crippen LogP contribution is 2.41. The van der Waals surface area contributed by atoms with Gasteiger partial charge in [0, 0.05) is 5.39 Å². The summed E-state index contributed by atoms with van der Waals surface area (Å²) in [6.45, 7) is 6.39. The van der Waals surface area contributed by atoms with Crippen molar-refractivity contribution >= 4 is 65.7 Å². The van der Waals surface area contributed by atoms with E-state index in [-0.39, 0.29) is 17.6 Å². The maximum atomic E-state index is 13.0. The Kier molecular flexibility index (Phi) is 5.39. The summed E-state index contributed by atoms with van der Waals surface area (Å²) in [7, 11) is 0. The number of aromatic nitrogens is 2. The minimum absolute atomic E-state index is 0.0148. The monoisotopic (exact) mass is 452 g/mol. The first-order chi connectivity index (χ1) is 14.8. The molecule has 1 aromatic carbocycles. The largest absolute Gasteiger partial charge is 0.494 e. The number of rotatable bonds is 5. The Balaban J connectivity index is 1.73. The molecular formula is C21H20N6O2S2. The van der Waals surface area contributed by atoms with Crippen molar-refractivity contribution in [2.75, 3.05) is 23.4 Å². The molecule has 0 aliphatic rings. The van der Waals surface area contributed by atoms with Gasteiger partial charge in [-0.15, -0.1) is 11.3 Å². The molecule has 0 fully saturated rings. The molecule has 4 aromatic rings. The lowest BCUT2D eigenvalue weighted by Crippen LogP contribution is -2.11. The molecule has 3 heterocycles. The van der Waals surface area contributed by atoms with Crippen LogP contribution in [0.4, 0.5) is 16.6 Å². The fourth-order valence-electron chi connectivity index (χ4n) is 3.43. The van der Waals surface area contributed by atoms with Crippen LogP contribution in [0.5, 0.6) is 5.75 Å². The number of thiazole rings is 1. The number of hydrogen-bond acceptors (Lipinski definition) is 9. The maximum absolute atomic E-state index is 13.0. The van der Waals surface area contributed by atoms with E-state index < -0.39 is 0 Å². The number of nitrogens with two attached hydrogens (primary N) is 2. The topological polar surface area (TPSA) is 140 Å². The highest BCUT2D eigenvalue weighted by atomic mass is 32.1. The second-order valence-corrected chi connectivity index (χ2v) is 9.14. The fraction of sp³-hybridized carbons (Fsp3) is 0.238. The third kappa shape index (κ3) is 3.62. The molecule has 0 aliphatic carbocycles. The third-order valence-corrected chi connectivity index (χ3v) is 6.76. The average molecular weight is 453 g/mol. The third-order valence-electron chi connectivity index (χ3n) is 4.73. The Morgan fingerprint density at radius 3 is 2.74 bits per heavy atom. The number of amides is 1. The van der Waals surface area contributed by atoms with Crippen LogP contribution in [0, 0.1) is 11.3 Å². The number of fused-ring (bicyclic) bond motifs is 2. The van der Waals surface area contributed by atoms with Gasteiger partial charge in [0.05, 0.1) is 28.1 Å². The number of nitrogens with zero attached hydrogens (tertiary/aromatic N) is 3. The number of nitrogen functional groups attached to an aromatic ring is 2. The van der Waals surface area contributed by atoms with Crippen LogP contribution in [-0.2, 0) is 0 Å². The molecule has 31 heavy (non-hydrogen) atoms. The number of thiophene rings is 1. The van der Waals surface area contributed by atoms with Crippen LogP contribution in [0.1, 0.15) is 47.5 Å². The van der Waals surface area contributed by atoms with Crippen molar-refractivity contribution in [1.82, 2.24) is 9.97 Å². The molecular weight excluding hydrogens is 432 g/mol. The summed E-state index contributed by atoms with van der Waals surface area (Å²) in [5.74, 6) is 0.502. The summed E-state index contributed by atoms with van der Waals surface area (Å²) >= 11 is 2.50. The Labute approximate surface area is 186 Å². The summed E-state index contributed by atoms with van der Waals surface area (Å²) in [5.41, 5.74) is 14.4. The van der Waals surface area contributed by atoms with E-state index in [9.17, 15) is 10.1 Å². The van der Waals surface area contributed by atoms with Crippen LogP contribution in [-0.4, -0.2) is 22.5 Å². The lowest BCUT2D eigenvalue weighted by molar-refractivity contribution is 0.103. The number of carbonyl (C=O) groups excluding carboxylic acids is 1. The van der Waals surface area contributed by atoms with Crippen LogP contribution in [0.25, 0.3) is 20.4 Å². The van der Waals surface area contributed by atoms with Gasteiger partial charge in [0.25, 0.3) is 5.91 Å². The molecule has 1 amide bonds. The Morgan fingerprint density at radius 1 is 1.29 bits per heavy atom. The van der Waals surface area contributed by atoms with Gasteiger partial charge >= 0.3 is 0 Å². The first-order valence-corrected chi connectivity index (χ1v) is 11.2. The molecule has 10 heteroatoms. The summed E-state index contributed by atoms with van der Waals surface area (Å²) in [5, 5.41) is 13.4. The lowest BCUT2D eigenvalue weighted by atomic mass is 9.95. The maximum Gasteiger partial charge on any atom is 0.269 e. The Morgan fingerprint density at radius 2 is 2.06 bits per heavy atom. The van der Waals surface area contributed by atoms with E-state index in [1.54, 1.807) is 0 Å². The van der Waals surface area contributed by atoms with Gasteiger partial charge in [-0.05, 0) is 36.6 Å². The van der Waals surface area contributed by atoms with Crippen molar-refractivity contribution in [3.63, 3.8) is 0 Å². The molecule has 0 saturated heterocycles. The summed E-state index contributed by atoms with van der Waals surface area (Å²) in [6.07, 6.45) is 0. The van der Waals surface area contributed by atoms with E-state index in [4.69, 9.17) is 16.2 Å². The fourth-order valence-corrected chi connectivity index (χ4v) is 5.34. The van der Waals surface area contributed by atoms with Crippen molar-refractivity contribution < 1.29 is 9.53 Å². The quantitative estimate of drug-likeness (QED) is 0.398. The predicted octanol–water partition coefficient (Wildman–Crippen LogP) is 4.72. The van der Waals surface area contributed by atoms with E-state index in [0.29, 0.717) is 43.6 Å². The standard InChI is InChI=1S/C21H20N6O2S2/c1-4-29-10-5-6-12-13(7-10)30-21(25-12)27-19(28)17-16(23)15-14(9(2)3)11(8-22)18(24)26-20(15)31-17/h5-7,9H,4,23H2,1-3H3,(H2,24,26)(H,25,27,28). The molecule has 0 unspecified atom stereocenters. The molecule has 3 aromatic heterocycles. The van der Waals surface area contributed by atoms with Gasteiger partial charge in [0.1, 0.15) is 27.3 Å². The van der Waals surface area contributed by atoms with Crippen LogP contribution in [0.15, 0.2) is 18.2 Å². The number of nitrogens with one attached hydrogen (secondary N) is 1. The second kappa shape index (κ2) is 8.02. The SMILES string of the molecule is CCOc1ccc2nc(NC(=O)c3sc4nc(N)c(C#N)c(C(C)C)c4c3N)sc2c1. The molecule has 0 saturated carbocycles. The van der Waals surface area contributed by atoms with E-state index in [1.807, 2.05) is 39.0 Å². The van der Waals surface area contributed by atoms with E-state index in [0.717, 1.165) is 27.3 Å². The van der Waals surface area contributed by atoms with Gasteiger partial charge in [0.15, 0.2) is 5.13 Å². The number of benzene rings is 1. The first kappa shape index (κ1) is 20.8. The molecule has 0 spiro atoms. The number of anilines is 3. The zero-order valence-corrected chi connectivity index (χ0v) is 18.8. The Hall–Kier alpha value is -3.42. The van der Waals surface area contributed by atoms with Crippen molar-refractivity contribution in [1.29, 1.82) is 5.26 Å². The van der Waals surface area contributed by atoms with Crippen molar-refractivity contribution in [2.45, 2.75) is 26.7 Å². The second-order valence-electron chi connectivity index (χ2n) is 7.11. The minimum Gasteiger partial charge on any atom is -0.494 e. The molecule has 5 N–H and O–H groups in total. The summed E-state index contributed by atoms with van der Waals surface area (Å²) < 4.78 is 6.42. The van der Waals surface area contributed by atoms with Crippen molar-refractivity contribution in [3.8, 4) is 11.8 Å². The molecule has 0 radical (unpaired) electrons. The van der Waals surface area contributed by atoms with Gasteiger partial charge in [-0.3, -0.25) is 10.1 Å². The smallest absolute Gasteiger partial charge is 0.269 e. The van der Waals surface area contributed by atoms with Crippen molar-refractivity contribution in [2.24, 2.45) is 0 Å². The molecule has 0 bridgehead atoms. The van der Waals surface area contributed by atoms with Crippen LogP contribution in [0.3, 0.4) is 0 Å². The van der Waals surface area contributed by atoms with E-state index >= 15 is 0 Å². The predicted molar refractivity (Wildman–Crippen MR) is 126 cm³/mol. The number of nitriles is 1. The molecule has 0 aliphatic heterocycles. The van der Waals surface area contributed by atoms with Crippen molar-refractivity contribution in [3.05, 3.63) is 34.2 Å². The summed E-state index contributed by atoms with van der Waals surface area (Å²) in [6, 6.07) is 7.70. The molecule has 4 rings (SSSR count). The molecule has 8 nitrogen and oxygen atoms in total. The minimum atomic E-state index is -0.378. The summed E-state index contributed by atoms with van der Waals surface area (Å²) in [4.78, 5) is 22.6. The van der Waals surface area contributed by atoms with Gasteiger partial charge in [0.2, 0.25) is 0 Å². The lowest BCUT2D eigenvalue weighted by Gasteiger charge is -2.12. The van der Waals surface area contributed by atoms with Gasteiger partial charge < -0.3 is 16.2 Å². The Bertz CT molecular complexity index is 1370.